The highest BCUT2D eigenvalue weighted by molar-refractivity contribution is 7.89. The zero-order valence-corrected chi connectivity index (χ0v) is 17.6. The molecule has 3 aromatic rings. The third kappa shape index (κ3) is 4.04. The molecule has 1 saturated heterocycles. The van der Waals surface area contributed by atoms with Gasteiger partial charge in [0.1, 0.15) is 11.8 Å². The molecule has 156 valence electrons. The van der Waals surface area contributed by atoms with E-state index in [0.29, 0.717) is 25.9 Å². The summed E-state index contributed by atoms with van der Waals surface area (Å²) in [7, 11) is -2.16. The van der Waals surface area contributed by atoms with Crippen LogP contribution >= 0.6 is 0 Å². The largest absolute Gasteiger partial charge is 0.497 e. The first-order chi connectivity index (χ1) is 14.5. The molecule has 6 nitrogen and oxygen atoms in total. The van der Waals surface area contributed by atoms with Gasteiger partial charge in [0.05, 0.1) is 12.0 Å². The predicted octanol–water partition coefficient (Wildman–Crippen LogP) is 3.32. The van der Waals surface area contributed by atoms with E-state index >= 15 is 0 Å². The average molecular weight is 425 g/mol. The Morgan fingerprint density at radius 2 is 1.80 bits per heavy atom. The number of fused-ring (bicyclic) bond motifs is 1. The van der Waals surface area contributed by atoms with Gasteiger partial charge in [-0.25, -0.2) is 8.42 Å². The maximum atomic E-state index is 13.3. The third-order valence-electron chi connectivity index (χ3n) is 5.46. The first-order valence-electron chi connectivity index (χ1n) is 9.90. The van der Waals surface area contributed by atoms with Crippen LogP contribution in [0.25, 0.3) is 10.8 Å². The number of hydrogen-bond acceptors (Lipinski definition) is 4. The minimum Gasteiger partial charge on any atom is -0.497 e. The number of hydrogen-bond donors (Lipinski definition) is 1. The van der Waals surface area contributed by atoms with Crippen LogP contribution in [0.15, 0.2) is 71.6 Å². The van der Waals surface area contributed by atoms with Gasteiger partial charge in [-0.1, -0.05) is 42.5 Å². The number of nitrogens with one attached hydrogen (secondary N) is 1. The summed E-state index contributed by atoms with van der Waals surface area (Å²) in [5, 5.41) is 4.71. The zero-order valence-electron chi connectivity index (χ0n) is 16.7. The van der Waals surface area contributed by atoms with Crippen molar-refractivity contribution in [3.63, 3.8) is 0 Å². The van der Waals surface area contributed by atoms with Gasteiger partial charge in [0.25, 0.3) is 0 Å². The summed E-state index contributed by atoms with van der Waals surface area (Å²) >= 11 is 0. The quantitative estimate of drug-likeness (QED) is 0.659. The smallest absolute Gasteiger partial charge is 0.243 e. The molecule has 0 bridgehead atoms. The van der Waals surface area contributed by atoms with Gasteiger partial charge in [0.2, 0.25) is 15.9 Å². The molecule has 1 aliphatic rings. The molecule has 1 amide bonds. The lowest BCUT2D eigenvalue weighted by Crippen LogP contribution is -2.45. The predicted molar refractivity (Wildman–Crippen MR) is 116 cm³/mol. The summed E-state index contributed by atoms with van der Waals surface area (Å²) < 4.78 is 33.0. The van der Waals surface area contributed by atoms with Gasteiger partial charge in [0.15, 0.2) is 0 Å². The molecule has 1 heterocycles. The number of benzene rings is 3. The first kappa shape index (κ1) is 20.4. The van der Waals surface area contributed by atoms with Crippen molar-refractivity contribution in [2.24, 2.45) is 0 Å². The fourth-order valence-electron chi connectivity index (χ4n) is 3.80. The van der Waals surface area contributed by atoms with Crippen LogP contribution in [0.1, 0.15) is 18.4 Å². The van der Waals surface area contributed by atoms with E-state index in [2.05, 4.69) is 5.32 Å². The highest BCUT2D eigenvalue weighted by Crippen LogP contribution is 2.28. The molecule has 1 N–H and O–H groups in total. The number of ether oxygens (including phenoxy) is 1. The van der Waals surface area contributed by atoms with Crippen molar-refractivity contribution >= 4 is 26.7 Å². The molecule has 4 rings (SSSR count). The molecule has 0 aliphatic carbocycles. The van der Waals surface area contributed by atoms with Crippen LogP contribution < -0.4 is 10.1 Å². The van der Waals surface area contributed by atoms with Crippen LogP contribution in [0.4, 0.5) is 0 Å². The third-order valence-corrected chi connectivity index (χ3v) is 7.36. The Morgan fingerprint density at radius 3 is 2.53 bits per heavy atom. The average Bonchev–Trinajstić information content (AvgIpc) is 3.28. The Balaban J connectivity index is 1.50. The van der Waals surface area contributed by atoms with Crippen molar-refractivity contribution in [1.29, 1.82) is 0 Å². The van der Waals surface area contributed by atoms with E-state index in [9.17, 15) is 13.2 Å². The molecule has 30 heavy (non-hydrogen) atoms. The molecule has 1 atom stereocenters. The number of methoxy groups -OCH3 is 1. The lowest BCUT2D eigenvalue weighted by atomic mass is 10.1. The van der Waals surface area contributed by atoms with Gasteiger partial charge in [0, 0.05) is 13.1 Å². The fourth-order valence-corrected chi connectivity index (χ4v) is 5.50. The normalized spacial score (nSPS) is 17.2. The number of amides is 1. The summed E-state index contributed by atoms with van der Waals surface area (Å²) in [6, 6.07) is 19.4. The molecule has 1 aliphatic heterocycles. The Morgan fingerprint density at radius 1 is 1.07 bits per heavy atom. The van der Waals surface area contributed by atoms with Crippen molar-refractivity contribution in [2.45, 2.75) is 30.3 Å². The van der Waals surface area contributed by atoms with E-state index in [1.165, 1.54) is 4.31 Å². The van der Waals surface area contributed by atoms with E-state index in [-0.39, 0.29) is 10.8 Å². The van der Waals surface area contributed by atoms with Crippen LogP contribution in [0, 0.1) is 0 Å². The second-order valence-corrected chi connectivity index (χ2v) is 9.24. The van der Waals surface area contributed by atoms with Crippen molar-refractivity contribution < 1.29 is 17.9 Å². The Bertz CT molecular complexity index is 1160. The summed E-state index contributed by atoms with van der Waals surface area (Å²) in [5.74, 6) is 0.473. The summed E-state index contributed by atoms with van der Waals surface area (Å²) in [5.41, 5.74) is 0.922. The highest BCUT2D eigenvalue weighted by atomic mass is 32.2. The topological polar surface area (TPSA) is 75.7 Å². The van der Waals surface area contributed by atoms with Gasteiger partial charge in [-0.2, -0.15) is 4.31 Å². The molecular formula is C23H24N2O4S. The molecule has 1 fully saturated rings. The van der Waals surface area contributed by atoms with Crippen LogP contribution in [0.3, 0.4) is 0 Å². The van der Waals surface area contributed by atoms with Crippen molar-refractivity contribution in [1.82, 2.24) is 9.62 Å². The standard InChI is InChI=1S/C23H24N2O4S/c1-29-20-11-8-17(9-12-20)16-24-23(26)22-7-4-14-25(22)30(27,28)21-13-10-18-5-2-3-6-19(18)15-21/h2-3,5-6,8-13,15,22H,4,7,14,16H2,1H3,(H,24,26)/t22-/m0/s1. The van der Waals surface area contributed by atoms with E-state index in [1.807, 2.05) is 48.5 Å². The monoisotopic (exact) mass is 424 g/mol. The summed E-state index contributed by atoms with van der Waals surface area (Å²) in [6.07, 6.45) is 1.18. The van der Waals surface area contributed by atoms with Crippen molar-refractivity contribution in [3.8, 4) is 5.75 Å². The van der Waals surface area contributed by atoms with Crippen LogP contribution in [0.5, 0.6) is 5.75 Å². The lowest BCUT2D eigenvalue weighted by molar-refractivity contribution is -0.124. The zero-order chi connectivity index (χ0) is 21.1. The Hall–Kier alpha value is -2.90. The molecular weight excluding hydrogens is 400 g/mol. The molecule has 0 unspecified atom stereocenters. The highest BCUT2D eigenvalue weighted by Gasteiger charge is 2.39. The van der Waals surface area contributed by atoms with Gasteiger partial charge < -0.3 is 10.1 Å². The minimum atomic E-state index is -3.76. The van der Waals surface area contributed by atoms with Gasteiger partial charge in [-0.05, 0) is 53.4 Å². The SMILES string of the molecule is COc1ccc(CNC(=O)[C@@H]2CCCN2S(=O)(=O)c2ccc3ccccc3c2)cc1. The molecule has 0 aromatic heterocycles. The van der Waals surface area contributed by atoms with Gasteiger partial charge in [-0.15, -0.1) is 0 Å². The minimum absolute atomic E-state index is 0.219. The maximum absolute atomic E-state index is 13.3. The number of carbonyl (C=O) groups is 1. The fraction of sp³-hybridized carbons (Fsp3) is 0.261. The van der Waals surface area contributed by atoms with Crippen LogP contribution in [-0.2, 0) is 21.4 Å². The summed E-state index contributed by atoms with van der Waals surface area (Å²) in [4.78, 5) is 13.0. The van der Waals surface area contributed by atoms with E-state index in [0.717, 1.165) is 22.1 Å². The molecule has 7 heteroatoms. The van der Waals surface area contributed by atoms with E-state index < -0.39 is 16.1 Å². The molecule has 0 saturated carbocycles. The molecule has 0 radical (unpaired) electrons. The molecule has 0 spiro atoms. The van der Waals surface area contributed by atoms with Crippen LogP contribution in [-0.4, -0.2) is 38.3 Å². The summed E-state index contributed by atoms with van der Waals surface area (Å²) in [6.45, 7) is 0.680. The van der Waals surface area contributed by atoms with Crippen molar-refractivity contribution in [2.75, 3.05) is 13.7 Å². The number of carbonyl (C=O) groups excluding carboxylic acids is 1. The number of nitrogens with zero attached hydrogens (tertiary/aromatic N) is 1. The second kappa shape index (κ2) is 8.45. The van der Waals surface area contributed by atoms with Gasteiger partial charge >= 0.3 is 0 Å². The first-order valence-corrected chi connectivity index (χ1v) is 11.3. The van der Waals surface area contributed by atoms with E-state index in [1.54, 1.807) is 25.3 Å². The van der Waals surface area contributed by atoms with Crippen LogP contribution in [0.2, 0.25) is 0 Å². The van der Waals surface area contributed by atoms with E-state index in [4.69, 9.17) is 4.74 Å². The van der Waals surface area contributed by atoms with Crippen molar-refractivity contribution in [3.05, 3.63) is 72.3 Å². The lowest BCUT2D eigenvalue weighted by Gasteiger charge is -2.23. The Kier molecular flexibility index (Phi) is 5.74. The number of rotatable bonds is 6. The Labute approximate surface area is 176 Å². The maximum Gasteiger partial charge on any atom is 0.243 e. The number of sulfonamides is 1. The second-order valence-electron chi connectivity index (χ2n) is 7.35. The van der Waals surface area contributed by atoms with Gasteiger partial charge in [-0.3, -0.25) is 4.79 Å². The molecule has 3 aromatic carbocycles.